The average molecular weight is 743 g/mol. The van der Waals surface area contributed by atoms with Crippen molar-refractivity contribution in [1.82, 2.24) is 0 Å². The number of hydrogen-bond acceptors (Lipinski definition) is 0. The zero-order chi connectivity index (χ0) is 34.0. The van der Waals surface area contributed by atoms with Crippen molar-refractivity contribution in [2.24, 2.45) is 0 Å². The third-order valence-electron chi connectivity index (χ3n) is 8.67. The molecule has 46 heavy (non-hydrogen) atoms. The van der Waals surface area contributed by atoms with Crippen LogP contribution in [0.25, 0.3) is 43.8 Å². The van der Waals surface area contributed by atoms with Gasteiger partial charge in [0, 0.05) is 9.52 Å². The van der Waals surface area contributed by atoms with Crippen LogP contribution >= 0.6 is 17.0 Å². The molecule has 0 aliphatic heterocycles. The fraction of sp³-hybridized carbons (Fsp3) is 0.286. The Balaban J connectivity index is 0.000000214. The van der Waals surface area contributed by atoms with Gasteiger partial charge in [-0.3, -0.25) is 0 Å². The molecule has 238 valence electrons. The summed E-state index contributed by atoms with van der Waals surface area (Å²) in [5.74, 6) is 1.16. The number of halogens is 2. The zero-order valence-electron chi connectivity index (χ0n) is 29.1. The van der Waals surface area contributed by atoms with E-state index in [1.54, 1.807) is 0 Å². The zero-order valence-corrected chi connectivity index (χ0v) is 34.1. The Labute approximate surface area is 299 Å². The number of hydrogen-bond donors (Lipinski definition) is 0. The van der Waals surface area contributed by atoms with Gasteiger partial charge in [-0.1, -0.05) is 100 Å². The molecule has 0 bridgehead atoms. The number of benzene rings is 4. The van der Waals surface area contributed by atoms with Crippen LogP contribution < -0.4 is 0 Å². The first-order chi connectivity index (χ1) is 22.0. The maximum atomic E-state index is 4.93. The van der Waals surface area contributed by atoms with Crippen molar-refractivity contribution in [3.8, 4) is 22.3 Å². The van der Waals surface area contributed by atoms with Gasteiger partial charge in [-0.2, -0.15) is 12.1 Å². The molecule has 0 spiro atoms. The predicted octanol–water partition coefficient (Wildman–Crippen LogP) is 14.1. The van der Waals surface area contributed by atoms with Crippen molar-refractivity contribution in [1.29, 1.82) is 0 Å². The van der Waals surface area contributed by atoms with E-state index in [9.17, 15) is 0 Å². The van der Waals surface area contributed by atoms with Crippen LogP contribution in [-0.4, -0.2) is 9.52 Å². The summed E-state index contributed by atoms with van der Waals surface area (Å²) in [6.07, 6.45) is 0. The quantitative estimate of drug-likeness (QED) is 0.125. The summed E-state index contributed by atoms with van der Waals surface area (Å²) in [6.45, 7) is 22.1. The summed E-state index contributed by atoms with van der Waals surface area (Å²) >= 11 is -0.826. The van der Waals surface area contributed by atoms with Crippen molar-refractivity contribution < 1.29 is 20.8 Å². The van der Waals surface area contributed by atoms with Crippen LogP contribution in [0.15, 0.2) is 97.1 Å². The molecule has 0 nitrogen and oxygen atoms in total. The minimum atomic E-state index is -0.826. The molecule has 0 amide bonds. The Morgan fingerprint density at radius 1 is 0.543 bits per heavy atom. The second-order valence-corrected chi connectivity index (χ2v) is 17.3. The van der Waals surface area contributed by atoms with Gasteiger partial charge < -0.3 is 0 Å². The third kappa shape index (κ3) is 9.44. The first kappa shape index (κ1) is 38.2. The van der Waals surface area contributed by atoms with Gasteiger partial charge in [0.05, 0.1) is 0 Å². The van der Waals surface area contributed by atoms with E-state index in [4.69, 9.17) is 17.0 Å². The average Bonchev–Trinajstić information content (AvgIpc) is 3.67. The van der Waals surface area contributed by atoms with E-state index in [2.05, 4.69) is 166 Å². The SMILES string of the molecule is C[Si]C.Cc1cccc(-c2cccc3[cH-]c(C(C)C)cc23)c1C.Cc1cccc(-c2cccc3[cH-]c(C(C)C)cc23)c1C.[Cl][Zr+2][Cl]. The van der Waals surface area contributed by atoms with Crippen molar-refractivity contribution in [2.75, 3.05) is 0 Å². The van der Waals surface area contributed by atoms with Gasteiger partial charge in [0.1, 0.15) is 0 Å². The van der Waals surface area contributed by atoms with E-state index in [0.29, 0.717) is 11.8 Å². The molecule has 6 rings (SSSR count). The standard InChI is InChI=1S/2C20H21.C2H6Si.2ClH.Zr/c2*1-13(2)17-11-16-8-6-10-19(20(16)12-17)18-9-5-7-14(3)15(18)4;1-3-2;;;/h2*5-13H,1-4H3;1-2H3;2*1H;/q2*-1;;;;+4/p-2. The first-order valence-electron chi connectivity index (χ1n) is 16.1. The van der Waals surface area contributed by atoms with E-state index in [1.807, 2.05) is 0 Å². The molecule has 0 N–H and O–H groups in total. The second-order valence-electron chi connectivity index (χ2n) is 12.6. The first-order valence-corrected chi connectivity index (χ1v) is 24.4. The molecule has 0 aliphatic rings. The van der Waals surface area contributed by atoms with Gasteiger partial charge in [-0.25, -0.2) is 0 Å². The van der Waals surface area contributed by atoms with Gasteiger partial charge in [-0.05, 0) is 72.9 Å². The fourth-order valence-corrected chi connectivity index (χ4v) is 5.74. The molecule has 6 aromatic carbocycles. The molecule has 0 heterocycles. The molecule has 0 fully saturated rings. The van der Waals surface area contributed by atoms with Gasteiger partial charge in [-0.15, -0.1) is 69.1 Å². The van der Waals surface area contributed by atoms with Crippen LogP contribution in [0.1, 0.15) is 72.9 Å². The van der Waals surface area contributed by atoms with E-state index in [0.717, 1.165) is 9.52 Å². The molecule has 0 atom stereocenters. The molecular weight excluding hydrogens is 695 g/mol. The van der Waals surface area contributed by atoms with Gasteiger partial charge in [0.15, 0.2) is 0 Å². The molecule has 0 aliphatic carbocycles. The van der Waals surface area contributed by atoms with E-state index in [-0.39, 0.29) is 0 Å². The summed E-state index contributed by atoms with van der Waals surface area (Å²) in [4.78, 5) is 0. The van der Waals surface area contributed by atoms with Crippen LogP contribution in [0.2, 0.25) is 13.1 Å². The van der Waals surface area contributed by atoms with Gasteiger partial charge in [0.25, 0.3) is 0 Å². The third-order valence-corrected chi connectivity index (χ3v) is 8.67. The van der Waals surface area contributed by atoms with Crippen LogP contribution in [0.5, 0.6) is 0 Å². The minimum absolute atomic E-state index is 0.578. The normalized spacial score (nSPS) is 10.6. The Morgan fingerprint density at radius 2 is 0.848 bits per heavy atom. The van der Waals surface area contributed by atoms with Crippen LogP contribution in [0, 0.1) is 27.7 Å². The van der Waals surface area contributed by atoms with E-state index in [1.165, 1.54) is 77.2 Å². The second kappa shape index (κ2) is 18.4. The molecular formula is C42H48Cl2SiZr. The van der Waals surface area contributed by atoms with Crippen molar-refractivity contribution in [3.63, 3.8) is 0 Å². The number of fused-ring (bicyclic) bond motifs is 2. The fourth-order valence-electron chi connectivity index (χ4n) is 5.74. The molecule has 6 aromatic rings. The summed E-state index contributed by atoms with van der Waals surface area (Å²) in [7, 11) is 11.0. The van der Waals surface area contributed by atoms with Crippen molar-refractivity contribution in [3.05, 3.63) is 130 Å². The molecule has 0 saturated heterocycles. The van der Waals surface area contributed by atoms with Gasteiger partial charge >= 0.3 is 37.9 Å². The summed E-state index contributed by atoms with van der Waals surface area (Å²) in [5.41, 5.74) is 13.8. The summed E-state index contributed by atoms with van der Waals surface area (Å²) in [6, 6.07) is 35.8. The summed E-state index contributed by atoms with van der Waals surface area (Å²) in [5, 5.41) is 5.47. The number of aryl methyl sites for hydroxylation is 2. The Hall–Kier alpha value is -2.22. The molecule has 0 saturated carbocycles. The Bertz CT molecular complexity index is 1700. The Morgan fingerprint density at radius 3 is 1.17 bits per heavy atom. The maximum absolute atomic E-state index is 4.93. The van der Waals surface area contributed by atoms with Crippen LogP contribution in [0.4, 0.5) is 0 Å². The predicted molar refractivity (Wildman–Crippen MR) is 206 cm³/mol. The van der Waals surface area contributed by atoms with E-state index < -0.39 is 20.8 Å². The van der Waals surface area contributed by atoms with E-state index >= 15 is 0 Å². The van der Waals surface area contributed by atoms with Crippen LogP contribution in [0.3, 0.4) is 0 Å². The summed E-state index contributed by atoms with van der Waals surface area (Å²) < 4.78 is 0. The molecule has 0 unspecified atom stereocenters. The van der Waals surface area contributed by atoms with Crippen molar-refractivity contribution in [2.45, 2.75) is 80.3 Å². The van der Waals surface area contributed by atoms with Crippen LogP contribution in [-0.2, 0) is 20.8 Å². The molecule has 0 aromatic heterocycles. The molecule has 4 heteroatoms. The number of rotatable bonds is 4. The van der Waals surface area contributed by atoms with Crippen molar-refractivity contribution >= 4 is 48.1 Å². The topological polar surface area (TPSA) is 0 Å². The Kier molecular flexibility index (Phi) is 15.3. The van der Waals surface area contributed by atoms with Gasteiger partial charge in [0.2, 0.25) is 0 Å². The molecule has 2 radical (unpaired) electrons. The monoisotopic (exact) mass is 740 g/mol.